The number of aromatic nitrogens is 2. The Labute approximate surface area is 90.9 Å². The summed E-state index contributed by atoms with van der Waals surface area (Å²) in [6, 6.07) is 4.47. The molecule has 0 aliphatic carbocycles. The third kappa shape index (κ3) is 1.54. The second-order valence-electron chi connectivity index (χ2n) is 4.57. The van der Waals surface area contributed by atoms with Gasteiger partial charge in [0.15, 0.2) is 0 Å². The minimum Gasteiger partial charge on any atom is -0.331 e. The molecule has 0 unspecified atom stereocenters. The molecule has 0 aliphatic rings. The smallest absolute Gasteiger partial charge is 0.106 e. The third-order valence-electron chi connectivity index (χ3n) is 3.11. The summed E-state index contributed by atoms with van der Waals surface area (Å²) in [4.78, 5) is 4.56. The monoisotopic (exact) mass is 202 g/mol. The molecule has 0 saturated carbocycles. The van der Waals surface area contributed by atoms with Crippen molar-refractivity contribution in [1.29, 1.82) is 0 Å². The Morgan fingerprint density at radius 1 is 1.20 bits per heavy atom. The number of nitrogens with zero attached hydrogens (tertiary/aromatic N) is 2. The SMILES string of the molecule is Cc1cc2c(cc1C(C)C)nc(C)n2C. The minimum atomic E-state index is 0.566. The van der Waals surface area contributed by atoms with Crippen LogP contribution in [0.5, 0.6) is 0 Å². The van der Waals surface area contributed by atoms with Crippen LogP contribution in [-0.4, -0.2) is 9.55 Å². The molecule has 15 heavy (non-hydrogen) atoms. The molecule has 1 aromatic carbocycles. The van der Waals surface area contributed by atoms with E-state index in [1.54, 1.807) is 0 Å². The molecule has 2 rings (SSSR count). The zero-order valence-corrected chi connectivity index (χ0v) is 10.1. The van der Waals surface area contributed by atoms with Crippen LogP contribution in [0.3, 0.4) is 0 Å². The lowest BCUT2D eigenvalue weighted by Crippen LogP contribution is -1.94. The number of rotatable bonds is 1. The number of fused-ring (bicyclic) bond motifs is 1. The van der Waals surface area contributed by atoms with E-state index < -0.39 is 0 Å². The van der Waals surface area contributed by atoms with E-state index in [4.69, 9.17) is 0 Å². The highest BCUT2D eigenvalue weighted by Gasteiger charge is 2.09. The van der Waals surface area contributed by atoms with E-state index in [0.29, 0.717) is 5.92 Å². The summed E-state index contributed by atoms with van der Waals surface area (Å²) in [5, 5.41) is 0. The number of benzene rings is 1. The maximum Gasteiger partial charge on any atom is 0.106 e. The van der Waals surface area contributed by atoms with Gasteiger partial charge in [0.2, 0.25) is 0 Å². The summed E-state index contributed by atoms with van der Waals surface area (Å²) in [7, 11) is 2.07. The summed E-state index contributed by atoms with van der Waals surface area (Å²) in [6.45, 7) is 8.68. The summed E-state index contributed by atoms with van der Waals surface area (Å²) in [6.07, 6.45) is 0. The van der Waals surface area contributed by atoms with Crippen LogP contribution in [-0.2, 0) is 7.05 Å². The van der Waals surface area contributed by atoms with Crippen molar-refractivity contribution < 1.29 is 0 Å². The quantitative estimate of drug-likeness (QED) is 0.693. The van der Waals surface area contributed by atoms with E-state index in [-0.39, 0.29) is 0 Å². The van der Waals surface area contributed by atoms with E-state index in [2.05, 4.69) is 49.5 Å². The Hall–Kier alpha value is -1.31. The van der Waals surface area contributed by atoms with E-state index in [1.165, 1.54) is 16.6 Å². The van der Waals surface area contributed by atoms with Gasteiger partial charge >= 0.3 is 0 Å². The first-order chi connectivity index (χ1) is 7.00. The van der Waals surface area contributed by atoms with Crippen molar-refractivity contribution in [2.45, 2.75) is 33.6 Å². The summed E-state index contributed by atoms with van der Waals surface area (Å²) in [5.41, 5.74) is 5.11. The Bertz CT molecular complexity index is 507. The molecule has 1 aromatic heterocycles. The maximum atomic E-state index is 4.56. The largest absolute Gasteiger partial charge is 0.331 e. The normalized spacial score (nSPS) is 11.6. The van der Waals surface area contributed by atoms with Gasteiger partial charge in [-0.25, -0.2) is 4.98 Å². The molecular formula is C13H18N2. The Kier molecular flexibility index (Phi) is 2.29. The molecule has 2 nitrogen and oxygen atoms in total. The van der Waals surface area contributed by atoms with Crippen molar-refractivity contribution in [3.63, 3.8) is 0 Å². The van der Waals surface area contributed by atoms with Gasteiger partial charge in [-0.1, -0.05) is 13.8 Å². The molecule has 0 aliphatic heterocycles. The van der Waals surface area contributed by atoms with Crippen LogP contribution < -0.4 is 0 Å². The lowest BCUT2D eigenvalue weighted by Gasteiger charge is -2.09. The molecule has 80 valence electrons. The van der Waals surface area contributed by atoms with Gasteiger partial charge in [-0.3, -0.25) is 0 Å². The first-order valence-electron chi connectivity index (χ1n) is 5.44. The van der Waals surface area contributed by atoms with Crippen molar-refractivity contribution in [2.24, 2.45) is 7.05 Å². The highest BCUT2D eigenvalue weighted by Crippen LogP contribution is 2.25. The zero-order valence-electron chi connectivity index (χ0n) is 10.1. The van der Waals surface area contributed by atoms with Gasteiger partial charge < -0.3 is 4.57 Å². The van der Waals surface area contributed by atoms with Crippen molar-refractivity contribution >= 4 is 11.0 Å². The predicted molar refractivity (Wildman–Crippen MR) is 64.3 cm³/mol. The minimum absolute atomic E-state index is 0.566. The van der Waals surface area contributed by atoms with Crippen LogP contribution in [0.1, 0.15) is 36.7 Å². The summed E-state index contributed by atoms with van der Waals surface area (Å²) >= 11 is 0. The molecule has 2 heteroatoms. The Morgan fingerprint density at radius 2 is 1.87 bits per heavy atom. The van der Waals surface area contributed by atoms with Gasteiger partial charge in [0.25, 0.3) is 0 Å². The summed E-state index contributed by atoms with van der Waals surface area (Å²) < 4.78 is 2.15. The Morgan fingerprint density at radius 3 is 2.47 bits per heavy atom. The van der Waals surface area contributed by atoms with Crippen molar-refractivity contribution in [1.82, 2.24) is 9.55 Å². The molecule has 0 radical (unpaired) electrons. The Balaban J connectivity index is 2.76. The molecule has 2 aromatic rings. The van der Waals surface area contributed by atoms with Crippen LogP contribution in [0.15, 0.2) is 12.1 Å². The number of hydrogen-bond acceptors (Lipinski definition) is 1. The van der Waals surface area contributed by atoms with Crippen molar-refractivity contribution in [2.75, 3.05) is 0 Å². The third-order valence-corrected chi connectivity index (χ3v) is 3.11. The average molecular weight is 202 g/mol. The number of hydrogen-bond donors (Lipinski definition) is 0. The van der Waals surface area contributed by atoms with Crippen LogP contribution >= 0.6 is 0 Å². The predicted octanol–water partition coefficient (Wildman–Crippen LogP) is 3.31. The van der Waals surface area contributed by atoms with Gasteiger partial charge in [0.05, 0.1) is 11.0 Å². The second kappa shape index (κ2) is 3.37. The van der Waals surface area contributed by atoms with Crippen LogP contribution in [0.25, 0.3) is 11.0 Å². The average Bonchev–Trinajstić information content (AvgIpc) is 2.43. The molecule has 0 N–H and O–H groups in total. The lowest BCUT2D eigenvalue weighted by atomic mass is 9.97. The van der Waals surface area contributed by atoms with Gasteiger partial charge in [-0.2, -0.15) is 0 Å². The second-order valence-corrected chi connectivity index (χ2v) is 4.57. The maximum absolute atomic E-state index is 4.56. The fourth-order valence-corrected chi connectivity index (χ4v) is 2.10. The highest BCUT2D eigenvalue weighted by molar-refractivity contribution is 5.78. The number of imidazole rings is 1. The first-order valence-corrected chi connectivity index (χ1v) is 5.44. The first kappa shape index (κ1) is 10.2. The lowest BCUT2D eigenvalue weighted by molar-refractivity contribution is 0.857. The molecule has 0 fully saturated rings. The highest BCUT2D eigenvalue weighted by atomic mass is 15.0. The van der Waals surface area contributed by atoms with Crippen LogP contribution in [0, 0.1) is 13.8 Å². The van der Waals surface area contributed by atoms with Crippen molar-refractivity contribution in [3.8, 4) is 0 Å². The van der Waals surface area contributed by atoms with E-state index in [9.17, 15) is 0 Å². The number of aryl methyl sites for hydroxylation is 3. The molecule has 1 heterocycles. The molecule has 0 amide bonds. The summed E-state index contributed by atoms with van der Waals surface area (Å²) in [5.74, 6) is 1.64. The van der Waals surface area contributed by atoms with Gasteiger partial charge in [-0.15, -0.1) is 0 Å². The topological polar surface area (TPSA) is 17.8 Å². The van der Waals surface area contributed by atoms with Gasteiger partial charge in [-0.05, 0) is 43.0 Å². The molecule has 0 bridgehead atoms. The van der Waals surface area contributed by atoms with Gasteiger partial charge in [0.1, 0.15) is 5.82 Å². The van der Waals surface area contributed by atoms with E-state index in [0.717, 1.165) is 11.3 Å². The van der Waals surface area contributed by atoms with E-state index >= 15 is 0 Å². The molecule has 0 saturated heterocycles. The standard InChI is InChI=1S/C13H18N2/c1-8(2)11-7-12-13(6-9(11)3)15(5)10(4)14-12/h6-8H,1-5H3. The molecule has 0 spiro atoms. The molecule has 0 atom stereocenters. The zero-order chi connectivity index (χ0) is 11.2. The van der Waals surface area contributed by atoms with Crippen molar-refractivity contribution in [3.05, 3.63) is 29.1 Å². The van der Waals surface area contributed by atoms with E-state index in [1.807, 2.05) is 6.92 Å². The molecular weight excluding hydrogens is 184 g/mol. The van der Waals surface area contributed by atoms with Crippen LogP contribution in [0.2, 0.25) is 0 Å². The fourth-order valence-electron chi connectivity index (χ4n) is 2.10. The van der Waals surface area contributed by atoms with Crippen LogP contribution in [0.4, 0.5) is 0 Å². The van der Waals surface area contributed by atoms with Gasteiger partial charge in [0, 0.05) is 7.05 Å². The fraction of sp³-hybridized carbons (Fsp3) is 0.462.